The van der Waals surface area contributed by atoms with E-state index in [-0.39, 0.29) is 0 Å². The highest BCUT2D eigenvalue weighted by Gasteiger charge is 2.06. The lowest BCUT2D eigenvalue weighted by Gasteiger charge is -2.09. The molecule has 0 aliphatic carbocycles. The van der Waals surface area contributed by atoms with Gasteiger partial charge >= 0.3 is 0 Å². The van der Waals surface area contributed by atoms with E-state index < -0.39 is 11.6 Å². The van der Waals surface area contributed by atoms with Gasteiger partial charge in [0.1, 0.15) is 5.82 Å². The number of benzene rings is 1. The average Bonchev–Trinajstić information content (AvgIpc) is 2.41. The molecule has 0 atom stereocenters. The fraction of sp³-hybridized carbons (Fsp3) is 0.167. The molecule has 2 aromatic rings. The Balaban J connectivity index is 2.11. The Morgan fingerprint density at radius 3 is 2.74 bits per heavy atom. The third-order valence-corrected chi connectivity index (χ3v) is 2.99. The summed E-state index contributed by atoms with van der Waals surface area (Å²) in [7, 11) is 1.71. The first kappa shape index (κ1) is 13.7. The molecule has 19 heavy (non-hydrogen) atoms. The fourth-order valence-electron chi connectivity index (χ4n) is 1.45. The van der Waals surface area contributed by atoms with Gasteiger partial charge in [-0.05, 0) is 33.6 Å². The summed E-state index contributed by atoms with van der Waals surface area (Å²) in [4.78, 5) is 8.22. The van der Waals surface area contributed by atoms with E-state index in [1.54, 1.807) is 13.2 Å². The van der Waals surface area contributed by atoms with Crippen LogP contribution >= 0.6 is 15.9 Å². The highest BCUT2D eigenvalue weighted by molar-refractivity contribution is 9.10. The Morgan fingerprint density at radius 1 is 1.26 bits per heavy atom. The van der Waals surface area contributed by atoms with Gasteiger partial charge in [-0.3, -0.25) is 0 Å². The van der Waals surface area contributed by atoms with Gasteiger partial charge in [0, 0.05) is 19.8 Å². The molecular weight excluding hydrogens is 318 g/mol. The molecule has 2 N–H and O–H groups in total. The van der Waals surface area contributed by atoms with Gasteiger partial charge in [0.05, 0.1) is 4.47 Å². The van der Waals surface area contributed by atoms with Crippen LogP contribution in [0.4, 0.5) is 20.5 Å². The Hall–Kier alpha value is -1.76. The number of hydrogen-bond donors (Lipinski definition) is 2. The Bertz CT molecular complexity index is 592. The van der Waals surface area contributed by atoms with Crippen molar-refractivity contribution in [3.63, 3.8) is 0 Å². The van der Waals surface area contributed by atoms with Gasteiger partial charge in [-0.2, -0.15) is 4.98 Å². The highest BCUT2D eigenvalue weighted by Crippen LogP contribution is 2.21. The lowest BCUT2D eigenvalue weighted by Crippen LogP contribution is -2.05. The number of anilines is 2. The fourth-order valence-corrected chi connectivity index (χ4v) is 1.78. The molecule has 0 unspecified atom stereocenters. The van der Waals surface area contributed by atoms with Crippen molar-refractivity contribution in [2.75, 3.05) is 17.7 Å². The number of aromatic nitrogens is 2. The lowest BCUT2D eigenvalue weighted by molar-refractivity contribution is 0.507. The zero-order valence-corrected chi connectivity index (χ0v) is 11.6. The van der Waals surface area contributed by atoms with E-state index in [1.807, 2.05) is 0 Å². The molecule has 0 aliphatic rings. The van der Waals surface area contributed by atoms with E-state index in [1.165, 1.54) is 6.07 Å². The first-order valence-electron chi connectivity index (χ1n) is 5.48. The standard InChI is InChI=1S/C12H11BrF2N4/c1-16-12-18-6-8(13)11(19-12)17-5-7-2-3-9(14)10(15)4-7/h2-4,6H,5H2,1H3,(H2,16,17,18,19). The molecule has 2 rings (SSSR count). The molecule has 1 aromatic carbocycles. The van der Waals surface area contributed by atoms with Gasteiger partial charge in [-0.15, -0.1) is 0 Å². The van der Waals surface area contributed by atoms with Crippen molar-refractivity contribution >= 4 is 27.7 Å². The van der Waals surface area contributed by atoms with Crippen molar-refractivity contribution in [2.24, 2.45) is 0 Å². The van der Waals surface area contributed by atoms with Crippen molar-refractivity contribution in [3.05, 3.63) is 46.1 Å². The Kier molecular flexibility index (Phi) is 4.26. The molecule has 0 radical (unpaired) electrons. The Labute approximate surface area is 117 Å². The first-order valence-corrected chi connectivity index (χ1v) is 6.27. The van der Waals surface area contributed by atoms with Gasteiger partial charge in [-0.25, -0.2) is 13.8 Å². The molecular formula is C12H11BrF2N4. The molecule has 1 heterocycles. The molecule has 0 spiro atoms. The molecule has 4 nitrogen and oxygen atoms in total. The highest BCUT2D eigenvalue weighted by atomic mass is 79.9. The smallest absolute Gasteiger partial charge is 0.224 e. The van der Waals surface area contributed by atoms with E-state index in [9.17, 15) is 8.78 Å². The van der Waals surface area contributed by atoms with Crippen molar-refractivity contribution in [2.45, 2.75) is 6.54 Å². The van der Waals surface area contributed by atoms with Crippen molar-refractivity contribution in [1.29, 1.82) is 0 Å². The maximum Gasteiger partial charge on any atom is 0.224 e. The third kappa shape index (κ3) is 3.37. The summed E-state index contributed by atoms with van der Waals surface area (Å²) in [6.07, 6.45) is 1.60. The maximum atomic E-state index is 13.1. The minimum atomic E-state index is -0.864. The van der Waals surface area contributed by atoms with Crippen LogP contribution in [0.5, 0.6) is 0 Å². The second-order valence-electron chi connectivity index (χ2n) is 3.74. The zero-order chi connectivity index (χ0) is 13.8. The van der Waals surface area contributed by atoms with Crippen LogP contribution in [0.2, 0.25) is 0 Å². The summed E-state index contributed by atoms with van der Waals surface area (Å²) in [6, 6.07) is 3.76. The van der Waals surface area contributed by atoms with Crippen LogP contribution in [-0.2, 0) is 6.54 Å². The van der Waals surface area contributed by atoms with Gasteiger partial charge in [-0.1, -0.05) is 6.07 Å². The monoisotopic (exact) mass is 328 g/mol. The molecule has 7 heteroatoms. The van der Waals surface area contributed by atoms with Crippen LogP contribution < -0.4 is 10.6 Å². The summed E-state index contributed by atoms with van der Waals surface area (Å²) in [5, 5.41) is 5.84. The van der Waals surface area contributed by atoms with Gasteiger partial charge < -0.3 is 10.6 Å². The summed E-state index contributed by atoms with van der Waals surface area (Å²) in [5.74, 6) is -0.679. The summed E-state index contributed by atoms with van der Waals surface area (Å²) < 4.78 is 26.5. The van der Waals surface area contributed by atoms with E-state index in [2.05, 4.69) is 36.5 Å². The normalized spacial score (nSPS) is 10.3. The van der Waals surface area contributed by atoms with Crippen LogP contribution in [-0.4, -0.2) is 17.0 Å². The SMILES string of the molecule is CNc1ncc(Br)c(NCc2ccc(F)c(F)c2)n1. The summed E-state index contributed by atoms with van der Waals surface area (Å²) in [6.45, 7) is 0.329. The Morgan fingerprint density at radius 2 is 2.05 bits per heavy atom. The zero-order valence-electron chi connectivity index (χ0n) is 10.0. The number of halogens is 3. The van der Waals surface area contributed by atoms with Gasteiger partial charge in [0.15, 0.2) is 11.6 Å². The topological polar surface area (TPSA) is 49.8 Å². The molecule has 0 amide bonds. The lowest BCUT2D eigenvalue weighted by atomic mass is 10.2. The molecule has 1 aromatic heterocycles. The van der Waals surface area contributed by atoms with Crippen molar-refractivity contribution in [3.8, 4) is 0 Å². The van der Waals surface area contributed by atoms with Crippen molar-refractivity contribution < 1.29 is 8.78 Å². The quantitative estimate of drug-likeness (QED) is 0.905. The largest absolute Gasteiger partial charge is 0.365 e. The third-order valence-electron chi connectivity index (χ3n) is 2.41. The van der Waals surface area contributed by atoms with Crippen LogP contribution in [0, 0.1) is 11.6 Å². The minimum Gasteiger partial charge on any atom is -0.365 e. The number of rotatable bonds is 4. The second-order valence-corrected chi connectivity index (χ2v) is 4.60. The van der Waals surface area contributed by atoms with E-state index in [4.69, 9.17) is 0 Å². The average molecular weight is 329 g/mol. The van der Waals surface area contributed by atoms with Crippen LogP contribution in [0.3, 0.4) is 0 Å². The molecule has 0 aliphatic heterocycles. The molecule has 0 saturated carbocycles. The molecule has 0 saturated heterocycles. The minimum absolute atomic E-state index is 0.329. The van der Waals surface area contributed by atoms with Crippen molar-refractivity contribution in [1.82, 2.24) is 9.97 Å². The van der Waals surface area contributed by atoms with Gasteiger partial charge in [0.25, 0.3) is 0 Å². The summed E-state index contributed by atoms with van der Waals surface area (Å²) >= 11 is 3.31. The number of hydrogen-bond acceptors (Lipinski definition) is 4. The maximum absolute atomic E-state index is 13.1. The predicted octanol–water partition coefficient (Wildman–Crippen LogP) is 3.17. The van der Waals surface area contributed by atoms with E-state index in [0.717, 1.165) is 12.1 Å². The first-order chi connectivity index (χ1) is 9.10. The number of nitrogens with one attached hydrogen (secondary N) is 2. The van der Waals surface area contributed by atoms with E-state index >= 15 is 0 Å². The predicted molar refractivity (Wildman–Crippen MR) is 73.0 cm³/mol. The molecule has 0 bridgehead atoms. The van der Waals surface area contributed by atoms with Crippen LogP contribution in [0.25, 0.3) is 0 Å². The molecule has 0 fully saturated rings. The second kappa shape index (κ2) is 5.92. The van der Waals surface area contributed by atoms with E-state index in [0.29, 0.717) is 28.3 Å². The van der Waals surface area contributed by atoms with Crippen LogP contribution in [0.1, 0.15) is 5.56 Å². The van der Waals surface area contributed by atoms with Gasteiger partial charge in [0.2, 0.25) is 5.95 Å². The summed E-state index contributed by atoms with van der Waals surface area (Å²) in [5.41, 5.74) is 0.621. The molecule has 100 valence electrons. The number of nitrogens with zero attached hydrogens (tertiary/aromatic N) is 2. The van der Waals surface area contributed by atoms with Crippen LogP contribution in [0.15, 0.2) is 28.9 Å².